The highest BCUT2D eigenvalue weighted by atomic mass is 35.5. The average molecular weight is 518 g/mol. The molecule has 3 aliphatic rings. The molecule has 0 bridgehead atoms. The minimum atomic E-state index is -1.47. The van der Waals surface area contributed by atoms with Crippen LogP contribution in [-0.2, 0) is 32.9 Å². The summed E-state index contributed by atoms with van der Waals surface area (Å²) in [6.07, 6.45) is 0.247. The summed E-state index contributed by atoms with van der Waals surface area (Å²) in [6.45, 7) is 1.96. The molecule has 0 radical (unpaired) electrons. The lowest BCUT2D eigenvalue weighted by atomic mass is 9.76. The Balaban J connectivity index is 1.47. The zero-order chi connectivity index (χ0) is 26.1. The highest BCUT2D eigenvalue weighted by Gasteiger charge is 2.70. The number of amides is 3. The van der Waals surface area contributed by atoms with E-state index in [4.69, 9.17) is 11.6 Å². The summed E-state index contributed by atoms with van der Waals surface area (Å²) in [5, 5.41) is 26.3. The molecule has 8 nitrogen and oxygen atoms in total. The van der Waals surface area contributed by atoms with E-state index in [0.717, 1.165) is 11.1 Å². The summed E-state index contributed by atoms with van der Waals surface area (Å²) < 4.78 is 0. The Hall–Kier alpha value is -3.88. The van der Waals surface area contributed by atoms with Crippen molar-refractivity contribution in [3.05, 3.63) is 87.9 Å². The first kappa shape index (κ1) is 23.5. The maximum absolute atomic E-state index is 14.0. The van der Waals surface area contributed by atoms with Crippen molar-refractivity contribution >= 4 is 35.0 Å². The van der Waals surface area contributed by atoms with Crippen LogP contribution in [0.1, 0.15) is 22.3 Å². The molecule has 37 heavy (non-hydrogen) atoms. The van der Waals surface area contributed by atoms with Crippen molar-refractivity contribution in [3.63, 3.8) is 0 Å². The van der Waals surface area contributed by atoms with Gasteiger partial charge in [0.25, 0.3) is 0 Å². The minimum Gasteiger partial charge on any atom is -0.504 e. The van der Waals surface area contributed by atoms with Gasteiger partial charge in [-0.05, 0) is 48.2 Å². The Labute approximate surface area is 217 Å². The van der Waals surface area contributed by atoms with E-state index in [1.165, 1.54) is 17.0 Å². The second-order valence-corrected chi connectivity index (χ2v) is 10.4. The van der Waals surface area contributed by atoms with Crippen LogP contribution in [0.5, 0.6) is 11.5 Å². The molecule has 0 saturated carbocycles. The Morgan fingerprint density at radius 2 is 1.70 bits per heavy atom. The van der Waals surface area contributed by atoms with E-state index in [-0.39, 0.29) is 30.4 Å². The molecule has 3 aliphatic heterocycles. The number of nitrogens with one attached hydrogen (secondary N) is 2. The van der Waals surface area contributed by atoms with Crippen molar-refractivity contribution in [1.82, 2.24) is 10.2 Å². The number of rotatable bonds is 4. The van der Waals surface area contributed by atoms with Gasteiger partial charge in [0, 0.05) is 11.6 Å². The summed E-state index contributed by atoms with van der Waals surface area (Å²) in [6, 6.07) is 16.7. The van der Waals surface area contributed by atoms with E-state index in [2.05, 4.69) is 10.6 Å². The van der Waals surface area contributed by atoms with Crippen LogP contribution in [0.4, 0.5) is 5.69 Å². The van der Waals surface area contributed by atoms with Gasteiger partial charge in [-0.25, -0.2) is 0 Å². The molecule has 3 aromatic rings. The maximum Gasteiger partial charge on any atom is 0.250 e. The highest BCUT2D eigenvalue weighted by Crippen LogP contribution is 2.55. The average Bonchev–Trinajstić information content (AvgIpc) is 3.43. The molecule has 6 rings (SSSR count). The number of benzene rings is 3. The van der Waals surface area contributed by atoms with Gasteiger partial charge in [-0.2, -0.15) is 0 Å². The highest BCUT2D eigenvalue weighted by molar-refractivity contribution is 6.35. The molecule has 0 unspecified atom stereocenters. The molecule has 3 heterocycles. The second kappa shape index (κ2) is 8.33. The van der Waals surface area contributed by atoms with E-state index in [9.17, 15) is 24.6 Å². The van der Waals surface area contributed by atoms with Crippen LogP contribution in [0.25, 0.3) is 0 Å². The number of carbonyl (C=O) groups excluding carboxylic acids is 3. The molecule has 4 atom stereocenters. The van der Waals surface area contributed by atoms with Gasteiger partial charge in [0.2, 0.25) is 17.7 Å². The lowest BCUT2D eigenvalue weighted by Crippen LogP contribution is -2.53. The lowest BCUT2D eigenvalue weighted by molar-refractivity contribution is -0.143. The van der Waals surface area contributed by atoms with Crippen molar-refractivity contribution < 1.29 is 24.6 Å². The van der Waals surface area contributed by atoms with Gasteiger partial charge in [-0.1, -0.05) is 54.1 Å². The molecule has 0 aliphatic carbocycles. The number of hydrogen-bond donors (Lipinski definition) is 4. The van der Waals surface area contributed by atoms with Crippen molar-refractivity contribution in [2.45, 2.75) is 31.5 Å². The van der Waals surface area contributed by atoms with Crippen LogP contribution in [0.3, 0.4) is 0 Å². The fourth-order valence-electron chi connectivity index (χ4n) is 6.10. The Morgan fingerprint density at radius 1 is 0.946 bits per heavy atom. The lowest BCUT2D eigenvalue weighted by Gasteiger charge is -2.30. The third-order valence-electron chi connectivity index (χ3n) is 7.69. The van der Waals surface area contributed by atoms with Crippen LogP contribution in [0, 0.1) is 18.8 Å². The monoisotopic (exact) mass is 517 g/mol. The molecule has 0 aromatic heterocycles. The Bertz CT molecular complexity index is 1480. The van der Waals surface area contributed by atoms with E-state index < -0.39 is 35.2 Å². The van der Waals surface area contributed by atoms with Crippen molar-refractivity contribution in [2.24, 2.45) is 11.8 Å². The molecule has 3 aromatic carbocycles. The molecule has 2 saturated heterocycles. The molecule has 2 fully saturated rings. The van der Waals surface area contributed by atoms with E-state index >= 15 is 0 Å². The van der Waals surface area contributed by atoms with Gasteiger partial charge in [-0.15, -0.1) is 0 Å². The molecular formula is C28H24ClN3O5. The van der Waals surface area contributed by atoms with E-state index in [0.29, 0.717) is 21.8 Å². The fraction of sp³-hybridized carbons (Fsp3) is 0.250. The summed E-state index contributed by atoms with van der Waals surface area (Å²) >= 11 is 6.49. The minimum absolute atomic E-state index is 0.108. The normalized spacial score (nSPS) is 26.1. The smallest absolute Gasteiger partial charge is 0.250 e. The molecule has 188 valence electrons. The molecule has 3 amide bonds. The second-order valence-electron chi connectivity index (χ2n) is 9.96. The fourth-order valence-corrected chi connectivity index (χ4v) is 6.42. The summed E-state index contributed by atoms with van der Waals surface area (Å²) in [4.78, 5) is 42.7. The number of carbonyl (C=O) groups is 3. The first-order chi connectivity index (χ1) is 17.7. The number of fused-ring (bicyclic) bond motifs is 4. The van der Waals surface area contributed by atoms with Gasteiger partial charge in [0.05, 0.1) is 29.1 Å². The van der Waals surface area contributed by atoms with Gasteiger partial charge in [0.1, 0.15) is 5.54 Å². The topological polar surface area (TPSA) is 119 Å². The largest absolute Gasteiger partial charge is 0.504 e. The number of aromatic hydroxyl groups is 2. The Kier molecular flexibility index (Phi) is 5.29. The van der Waals surface area contributed by atoms with Gasteiger partial charge >= 0.3 is 0 Å². The standard InChI is InChI=1S/C28H24ClN3O5/c1-14-9-17-24(18(29)10-14)30-27(37)28(17)23-22(19(31-28)11-16-7-8-20(33)21(34)12-16)25(35)32(26(23)36)13-15-5-3-2-4-6-15/h2-10,12,19,22-23,31,33-34H,11,13H2,1H3,(H,30,37)/t19-,22-,23+,28+/m1/s1. The molecule has 4 N–H and O–H groups in total. The summed E-state index contributed by atoms with van der Waals surface area (Å²) in [5.41, 5.74) is 1.79. The number of phenols is 2. The van der Waals surface area contributed by atoms with Gasteiger partial charge in [0.15, 0.2) is 11.5 Å². The van der Waals surface area contributed by atoms with Gasteiger partial charge in [-0.3, -0.25) is 24.6 Å². The van der Waals surface area contributed by atoms with E-state index in [1.54, 1.807) is 12.1 Å². The van der Waals surface area contributed by atoms with Crippen LogP contribution >= 0.6 is 11.6 Å². The van der Waals surface area contributed by atoms with Crippen molar-refractivity contribution in [1.29, 1.82) is 0 Å². The predicted octanol–water partition coefficient (Wildman–Crippen LogP) is 3.22. The Morgan fingerprint density at radius 3 is 2.43 bits per heavy atom. The van der Waals surface area contributed by atoms with Crippen LogP contribution in [0.15, 0.2) is 60.7 Å². The van der Waals surface area contributed by atoms with Crippen LogP contribution < -0.4 is 10.6 Å². The number of halogens is 1. The predicted molar refractivity (Wildman–Crippen MR) is 136 cm³/mol. The quantitative estimate of drug-likeness (QED) is 0.312. The number of aryl methyl sites for hydroxylation is 1. The zero-order valence-corrected chi connectivity index (χ0v) is 20.6. The third-order valence-corrected chi connectivity index (χ3v) is 7.99. The number of nitrogens with zero attached hydrogens (tertiary/aromatic N) is 1. The van der Waals surface area contributed by atoms with Crippen LogP contribution in [-0.4, -0.2) is 38.9 Å². The number of likely N-dealkylation sites (tertiary alicyclic amines) is 1. The summed E-state index contributed by atoms with van der Waals surface area (Å²) in [5.74, 6) is -3.52. The SMILES string of the molecule is Cc1cc(Cl)c2c(c1)[C@@]1(N[C@H](Cc3ccc(O)c(O)c3)[C@H]3C(=O)N(Cc4ccccc4)C(=O)[C@H]31)C(=O)N2. The number of imide groups is 1. The van der Waals surface area contributed by atoms with Crippen molar-refractivity contribution in [3.8, 4) is 11.5 Å². The first-order valence-corrected chi connectivity index (χ1v) is 12.4. The summed E-state index contributed by atoms with van der Waals surface area (Å²) in [7, 11) is 0. The number of phenolic OH excluding ortho intramolecular Hbond substituents is 2. The van der Waals surface area contributed by atoms with Crippen molar-refractivity contribution in [2.75, 3.05) is 5.32 Å². The molecular weight excluding hydrogens is 494 g/mol. The molecule has 9 heteroatoms. The van der Waals surface area contributed by atoms with Crippen LogP contribution in [0.2, 0.25) is 5.02 Å². The zero-order valence-electron chi connectivity index (χ0n) is 19.9. The number of hydrogen-bond acceptors (Lipinski definition) is 6. The molecule has 1 spiro atoms. The first-order valence-electron chi connectivity index (χ1n) is 12.0. The third kappa shape index (κ3) is 3.43. The van der Waals surface area contributed by atoms with E-state index in [1.807, 2.05) is 43.3 Å². The maximum atomic E-state index is 14.0. The van der Waals surface area contributed by atoms with Gasteiger partial charge < -0.3 is 15.5 Å². The number of anilines is 1.